The molecule has 1 N–H and O–H groups in total. The summed E-state index contributed by atoms with van der Waals surface area (Å²) in [6.07, 6.45) is 9.55. The molecular weight excluding hydrogens is 236 g/mol. The molecule has 0 radical (unpaired) electrons. The summed E-state index contributed by atoms with van der Waals surface area (Å²) in [6, 6.07) is 9.66. The average Bonchev–Trinajstić information content (AvgIpc) is 2.42. The first-order chi connectivity index (χ1) is 9.24. The van der Waals surface area contributed by atoms with Crippen LogP contribution in [-0.2, 0) is 4.79 Å². The predicted octanol–water partition coefficient (Wildman–Crippen LogP) is 4.91. The van der Waals surface area contributed by atoms with Crippen LogP contribution in [0, 0.1) is 0 Å². The van der Waals surface area contributed by atoms with Crippen molar-refractivity contribution in [2.75, 3.05) is 0 Å². The molecule has 0 saturated carbocycles. The van der Waals surface area contributed by atoms with Crippen molar-refractivity contribution in [2.24, 2.45) is 0 Å². The number of hydrogen-bond donors (Lipinski definition) is 1. The molecule has 19 heavy (non-hydrogen) atoms. The molecule has 0 spiro atoms. The molecule has 0 aliphatic carbocycles. The van der Waals surface area contributed by atoms with E-state index in [4.69, 9.17) is 0 Å². The standard InChI is InChI=1S/C17H24O2/c1-2-3-4-5-6-10-13-16(17(18)19)14-15-11-8-7-9-12-15/h7-9,11-12,14H,2-6,10,13H2,1H3,(H,18,19). The van der Waals surface area contributed by atoms with Gasteiger partial charge in [-0.15, -0.1) is 0 Å². The lowest BCUT2D eigenvalue weighted by Crippen LogP contribution is -2.00. The molecule has 0 aliphatic heterocycles. The average molecular weight is 260 g/mol. The van der Waals surface area contributed by atoms with Crippen LogP contribution in [0.5, 0.6) is 0 Å². The summed E-state index contributed by atoms with van der Waals surface area (Å²) >= 11 is 0. The summed E-state index contributed by atoms with van der Waals surface area (Å²) in [4.78, 5) is 11.2. The second-order valence-electron chi connectivity index (χ2n) is 4.90. The quantitative estimate of drug-likeness (QED) is 0.506. The van der Waals surface area contributed by atoms with E-state index in [1.807, 2.05) is 30.3 Å². The Balaban J connectivity index is 2.41. The van der Waals surface area contributed by atoms with Crippen LogP contribution in [0.2, 0.25) is 0 Å². The maximum absolute atomic E-state index is 11.2. The molecule has 0 amide bonds. The highest BCUT2D eigenvalue weighted by Gasteiger charge is 2.06. The fraction of sp³-hybridized carbons (Fsp3) is 0.471. The lowest BCUT2D eigenvalue weighted by molar-refractivity contribution is -0.132. The summed E-state index contributed by atoms with van der Waals surface area (Å²) in [7, 11) is 0. The van der Waals surface area contributed by atoms with E-state index in [9.17, 15) is 9.90 Å². The molecule has 0 heterocycles. The number of carbonyl (C=O) groups is 1. The minimum Gasteiger partial charge on any atom is -0.478 e. The van der Waals surface area contributed by atoms with Gasteiger partial charge in [-0.2, -0.15) is 0 Å². The van der Waals surface area contributed by atoms with Crippen LogP contribution in [-0.4, -0.2) is 11.1 Å². The Morgan fingerprint density at radius 3 is 2.32 bits per heavy atom. The van der Waals surface area contributed by atoms with Crippen molar-refractivity contribution in [3.05, 3.63) is 41.5 Å². The van der Waals surface area contributed by atoms with Gasteiger partial charge in [0.05, 0.1) is 0 Å². The third-order valence-electron chi connectivity index (χ3n) is 3.21. The van der Waals surface area contributed by atoms with E-state index in [1.54, 1.807) is 6.08 Å². The van der Waals surface area contributed by atoms with E-state index in [0.717, 1.165) is 18.4 Å². The van der Waals surface area contributed by atoms with Crippen molar-refractivity contribution in [2.45, 2.75) is 51.9 Å². The highest BCUT2D eigenvalue weighted by molar-refractivity contribution is 5.92. The summed E-state index contributed by atoms with van der Waals surface area (Å²) in [6.45, 7) is 2.20. The van der Waals surface area contributed by atoms with Crippen molar-refractivity contribution in [1.29, 1.82) is 0 Å². The van der Waals surface area contributed by atoms with Gasteiger partial charge < -0.3 is 5.11 Å². The molecule has 0 saturated heterocycles. The third kappa shape index (κ3) is 6.80. The molecule has 104 valence electrons. The Bertz CT molecular complexity index is 393. The van der Waals surface area contributed by atoms with Gasteiger partial charge in [0.25, 0.3) is 0 Å². The Morgan fingerprint density at radius 2 is 1.68 bits per heavy atom. The van der Waals surface area contributed by atoms with Gasteiger partial charge in [0.2, 0.25) is 0 Å². The van der Waals surface area contributed by atoms with Gasteiger partial charge in [-0.1, -0.05) is 69.4 Å². The molecule has 1 aromatic carbocycles. The third-order valence-corrected chi connectivity index (χ3v) is 3.21. The predicted molar refractivity (Wildman–Crippen MR) is 80.0 cm³/mol. The maximum Gasteiger partial charge on any atom is 0.331 e. The van der Waals surface area contributed by atoms with Crippen LogP contribution in [0.25, 0.3) is 6.08 Å². The molecule has 0 aromatic heterocycles. The largest absolute Gasteiger partial charge is 0.478 e. The number of unbranched alkanes of at least 4 members (excludes halogenated alkanes) is 5. The number of carboxylic acids is 1. The topological polar surface area (TPSA) is 37.3 Å². The highest BCUT2D eigenvalue weighted by atomic mass is 16.4. The van der Waals surface area contributed by atoms with Crippen molar-refractivity contribution >= 4 is 12.0 Å². The second kappa shape index (κ2) is 9.37. The summed E-state index contributed by atoms with van der Waals surface area (Å²) in [5.41, 5.74) is 1.48. The molecule has 1 aromatic rings. The lowest BCUT2D eigenvalue weighted by atomic mass is 10.0. The van der Waals surface area contributed by atoms with Gasteiger partial charge in [-0.05, 0) is 24.5 Å². The Labute approximate surface area is 116 Å². The monoisotopic (exact) mass is 260 g/mol. The van der Waals surface area contributed by atoms with Crippen molar-refractivity contribution in [3.8, 4) is 0 Å². The molecule has 2 heteroatoms. The SMILES string of the molecule is CCCCCCCCC(=Cc1ccccc1)C(=O)O. The van der Waals surface area contributed by atoms with E-state index in [1.165, 1.54) is 25.7 Å². The maximum atomic E-state index is 11.2. The Kier molecular flexibility index (Phi) is 7.64. The van der Waals surface area contributed by atoms with Crippen LogP contribution in [0.15, 0.2) is 35.9 Å². The summed E-state index contributed by atoms with van der Waals surface area (Å²) in [5, 5.41) is 9.21. The first-order valence-corrected chi connectivity index (χ1v) is 7.23. The van der Waals surface area contributed by atoms with Crippen LogP contribution < -0.4 is 0 Å². The first-order valence-electron chi connectivity index (χ1n) is 7.23. The molecule has 0 bridgehead atoms. The highest BCUT2D eigenvalue weighted by Crippen LogP contribution is 2.15. The minimum absolute atomic E-state index is 0.515. The Hall–Kier alpha value is -1.57. The van der Waals surface area contributed by atoms with Crippen molar-refractivity contribution in [3.63, 3.8) is 0 Å². The number of benzene rings is 1. The zero-order valence-electron chi connectivity index (χ0n) is 11.8. The van der Waals surface area contributed by atoms with Gasteiger partial charge in [-0.25, -0.2) is 4.79 Å². The van der Waals surface area contributed by atoms with Crippen LogP contribution in [0.3, 0.4) is 0 Å². The van der Waals surface area contributed by atoms with Gasteiger partial charge in [0, 0.05) is 5.57 Å². The second-order valence-corrected chi connectivity index (χ2v) is 4.90. The zero-order chi connectivity index (χ0) is 13.9. The minimum atomic E-state index is -0.794. The van der Waals surface area contributed by atoms with E-state index < -0.39 is 5.97 Å². The van der Waals surface area contributed by atoms with Crippen LogP contribution in [0.4, 0.5) is 0 Å². The number of carboxylic acid groups (broad SMARTS) is 1. The number of hydrogen-bond acceptors (Lipinski definition) is 1. The fourth-order valence-electron chi connectivity index (χ4n) is 2.09. The normalized spacial score (nSPS) is 11.5. The smallest absolute Gasteiger partial charge is 0.331 e. The van der Waals surface area contributed by atoms with Gasteiger partial charge in [0.15, 0.2) is 0 Å². The van der Waals surface area contributed by atoms with Crippen molar-refractivity contribution < 1.29 is 9.90 Å². The number of rotatable bonds is 9. The molecular formula is C17H24O2. The van der Waals surface area contributed by atoms with E-state index >= 15 is 0 Å². The van der Waals surface area contributed by atoms with Crippen LogP contribution in [0.1, 0.15) is 57.4 Å². The Morgan fingerprint density at radius 1 is 1.05 bits per heavy atom. The van der Waals surface area contributed by atoms with E-state index in [2.05, 4.69) is 6.92 Å². The molecule has 0 unspecified atom stereocenters. The van der Waals surface area contributed by atoms with Gasteiger partial charge >= 0.3 is 5.97 Å². The van der Waals surface area contributed by atoms with Crippen molar-refractivity contribution in [1.82, 2.24) is 0 Å². The fourth-order valence-corrected chi connectivity index (χ4v) is 2.09. The van der Waals surface area contributed by atoms with E-state index in [0.29, 0.717) is 12.0 Å². The summed E-state index contributed by atoms with van der Waals surface area (Å²) in [5.74, 6) is -0.794. The first kappa shape index (κ1) is 15.5. The zero-order valence-corrected chi connectivity index (χ0v) is 11.8. The van der Waals surface area contributed by atoms with E-state index in [-0.39, 0.29) is 0 Å². The molecule has 1 rings (SSSR count). The molecule has 0 aliphatic rings. The van der Waals surface area contributed by atoms with Gasteiger partial charge in [0.1, 0.15) is 0 Å². The lowest BCUT2D eigenvalue weighted by Gasteiger charge is -2.03. The summed E-state index contributed by atoms with van der Waals surface area (Å²) < 4.78 is 0. The molecule has 0 atom stereocenters. The number of aliphatic carboxylic acids is 1. The molecule has 2 nitrogen and oxygen atoms in total. The van der Waals surface area contributed by atoms with Gasteiger partial charge in [-0.3, -0.25) is 0 Å². The van der Waals surface area contributed by atoms with Crippen LogP contribution >= 0.6 is 0 Å². The molecule has 0 fully saturated rings.